The molecule has 0 spiro atoms. The fourth-order valence-electron chi connectivity index (χ4n) is 1.75. The lowest BCUT2D eigenvalue weighted by Gasteiger charge is -2.27. The minimum absolute atomic E-state index is 0.0835. The largest absolute Gasteiger partial charge is 0.365 e. The predicted molar refractivity (Wildman–Crippen MR) is 75.1 cm³/mol. The molecular weight excluding hydrogens is 244 g/mol. The number of anilines is 1. The van der Waals surface area contributed by atoms with Gasteiger partial charge in [-0.05, 0) is 17.4 Å². The Morgan fingerprint density at radius 2 is 1.89 bits per heavy atom. The van der Waals surface area contributed by atoms with E-state index in [1.165, 1.54) is 10.6 Å². The van der Waals surface area contributed by atoms with E-state index in [9.17, 15) is 0 Å². The zero-order chi connectivity index (χ0) is 13.0. The Morgan fingerprint density at radius 1 is 1.17 bits per heavy atom. The molecule has 0 aliphatic carbocycles. The van der Waals surface area contributed by atoms with E-state index >= 15 is 0 Å². The molecule has 0 amide bonds. The van der Waals surface area contributed by atoms with Gasteiger partial charge in [0.15, 0.2) is 0 Å². The van der Waals surface area contributed by atoms with Crippen LogP contribution >= 0.6 is 11.3 Å². The maximum Gasteiger partial charge on any atom is 0.115 e. The van der Waals surface area contributed by atoms with Gasteiger partial charge in [-0.15, -0.1) is 11.3 Å². The van der Waals surface area contributed by atoms with Crippen molar-refractivity contribution in [2.45, 2.75) is 25.7 Å². The Morgan fingerprint density at radius 3 is 2.50 bits per heavy atom. The first kappa shape index (κ1) is 13.0. The fraction of sp³-hybridized carbons (Fsp3) is 0.462. The van der Waals surface area contributed by atoms with Crippen molar-refractivity contribution in [2.75, 3.05) is 18.5 Å². The first-order valence-corrected chi connectivity index (χ1v) is 6.83. The molecule has 5 heteroatoms. The van der Waals surface area contributed by atoms with Crippen LogP contribution in [-0.2, 0) is 5.41 Å². The third kappa shape index (κ3) is 3.04. The Balaban J connectivity index is 1.97. The molecule has 0 N–H and O–H groups in total. The van der Waals surface area contributed by atoms with Gasteiger partial charge in [0.05, 0.1) is 11.7 Å². The van der Waals surface area contributed by atoms with Crippen LogP contribution in [-0.4, -0.2) is 28.5 Å². The van der Waals surface area contributed by atoms with Crippen LogP contribution in [0.15, 0.2) is 30.4 Å². The van der Waals surface area contributed by atoms with E-state index in [0.29, 0.717) is 0 Å². The minimum atomic E-state index is 0.0835. The van der Waals surface area contributed by atoms with E-state index in [2.05, 4.69) is 40.7 Å². The Kier molecular flexibility index (Phi) is 3.91. The van der Waals surface area contributed by atoms with Gasteiger partial charge in [-0.25, -0.2) is 9.97 Å². The number of hydrogen-bond donors (Lipinski definition) is 0. The van der Waals surface area contributed by atoms with Crippen molar-refractivity contribution < 1.29 is 0 Å². The summed E-state index contributed by atoms with van der Waals surface area (Å²) in [7, 11) is 2.10. The van der Waals surface area contributed by atoms with E-state index in [-0.39, 0.29) is 5.41 Å². The highest BCUT2D eigenvalue weighted by Crippen LogP contribution is 2.27. The van der Waals surface area contributed by atoms with E-state index in [4.69, 9.17) is 0 Å². The molecule has 2 heterocycles. The van der Waals surface area contributed by atoms with Crippen LogP contribution in [0.4, 0.5) is 5.00 Å². The molecule has 0 fully saturated rings. The molecule has 0 saturated heterocycles. The quantitative estimate of drug-likeness (QED) is 0.831. The summed E-state index contributed by atoms with van der Waals surface area (Å²) in [5.41, 5.74) is 3.13. The number of nitrogens with zero attached hydrogens (tertiary/aromatic N) is 4. The highest BCUT2D eigenvalue weighted by molar-refractivity contribution is 7.13. The first-order chi connectivity index (χ1) is 8.59. The maximum atomic E-state index is 4.10. The molecule has 2 aromatic heterocycles. The van der Waals surface area contributed by atoms with E-state index < -0.39 is 0 Å². The van der Waals surface area contributed by atoms with Gasteiger partial charge in [0.25, 0.3) is 0 Å². The van der Waals surface area contributed by atoms with Crippen LogP contribution < -0.4 is 4.90 Å². The van der Waals surface area contributed by atoms with Gasteiger partial charge < -0.3 is 4.90 Å². The topological polar surface area (TPSA) is 41.9 Å². The van der Waals surface area contributed by atoms with Gasteiger partial charge in [0.2, 0.25) is 0 Å². The molecule has 0 bridgehead atoms. The predicted octanol–water partition coefficient (Wildman–Crippen LogP) is 2.74. The van der Waals surface area contributed by atoms with Crippen LogP contribution in [0.25, 0.3) is 0 Å². The highest BCUT2D eigenvalue weighted by atomic mass is 32.1. The molecule has 0 unspecified atom stereocenters. The molecule has 0 saturated carbocycles. The Labute approximate surface area is 112 Å². The maximum absolute atomic E-state index is 4.10. The second-order valence-corrected chi connectivity index (χ2v) is 5.89. The molecule has 4 nitrogen and oxygen atoms in total. The van der Waals surface area contributed by atoms with E-state index in [1.54, 1.807) is 17.7 Å². The van der Waals surface area contributed by atoms with Crippen LogP contribution in [0.2, 0.25) is 0 Å². The number of rotatable bonds is 5. The molecule has 18 heavy (non-hydrogen) atoms. The SMILES string of the molecule is CN(CCC(C)(C)c1cncnc1)c1cncs1. The lowest BCUT2D eigenvalue weighted by atomic mass is 9.83. The normalized spacial score (nSPS) is 11.5. The van der Waals surface area contributed by atoms with Crippen molar-refractivity contribution >= 4 is 16.3 Å². The van der Waals surface area contributed by atoms with Crippen molar-refractivity contribution in [1.29, 1.82) is 0 Å². The van der Waals surface area contributed by atoms with Crippen LogP contribution in [0.1, 0.15) is 25.8 Å². The van der Waals surface area contributed by atoms with Gasteiger partial charge in [-0.2, -0.15) is 0 Å². The smallest absolute Gasteiger partial charge is 0.115 e. The summed E-state index contributed by atoms with van der Waals surface area (Å²) >= 11 is 1.67. The third-order valence-corrected chi connectivity index (χ3v) is 4.10. The van der Waals surface area contributed by atoms with Crippen LogP contribution in [0.3, 0.4) is 0 Å². The lowest BCUT2D eigenvalue weighted by Crippen LogP contribution is -2.26. The third-order valence-electron chi connectivity index (χ3n) is 3.21. The fourth-order valence-corrected chi connectivity index (χ4v) is 2.37. The van der Waals surface area contributed by atoms with Crippen molar-refractivity contribution in [3.05, 3.63) is 36.0 Å². The molecule has 0 aliphatic heterocycles. The monoisotopic (exact) mass is 262 g/mol. The van der Waals surface area contributed by atoms with Crippen molar-refractivity contribution in [2.24, 2.45) is 0 Å². The van der Waals surface area contributed by atoms with Crippen molar-refractivity contribution in [3.63, 3.8) is 0 Å². The minimum Gasteiger partial charge on any atom is -0.365 e. The second-order valence-electron chi connectivity index (χ2n) is 5.02. The van der Waals surface area contributed by atoms with Crippen LogP contribution in [0, 0.1) is 0 Å². The molecule has 0 radical (unpaired) electrons. The average Bonchev–Trinajstić information content (AvgIpc) is 2.91. The average molecular weight is 262 g/mol. The van der Waals surface area contributed by atoms with Gasteiger partial charge in [-0.3, -0.25) is 4.98 Å². The number of aromatic nitrogens is 3. The molecule has 96 valence electrons. The summed E-state index contributed by atoms with van der Waals surface area (Å²) in [5, 5.41) is 1.20. The van der Waals surface area contributed by atoms with E-state index in [1.807, 2.05) is 24.1 Å². The molecule has 2 rings (SSSR count). The molecule has 0 atom stereocenters. The highest BCUT2D eigenvalue weighted by Gasteiger charge is 2.21. The molecule has 0 aliphatic rings. The Bertz CT molecular complexity index is 467. The molecule has 0 aromatic carbocycles. The van der Waals surface area contributed by atoms with Crippen molar-refractivity contribution in [3.8, 4) is 0 Å². The zero-order valence-corrected chi connectivity index (χ0v) is 11.8. The lowest BCUT2D eigenvalue weighted by molar-refractivity contribution is 0.479. The van der Waals surface area contributed by atoms with Gasteiger partial charge in [-0.1, -0.05) is 13.8 Å². The van der Waals surface area contributed by atoms with Crippen LogP contribution in [0.5, 0.6) is 0 Å². The molecule has 2 aromatic rings. The summed E-state index contributed by atoms with van der Waals surface area (Å²) in [6.07, 6.45) is 8.33. The van der Waals surface area contributed by atoms with Gasteiger partial charge in [0, 0.05) is 26.0 Å². The summed E-state index contributed by atoms with van der Waals surface area (Å²) in [5.74, 6) is 0. The van der Waals surface area contributed by atoms with Crippen molar-refractivity contribution in [1.82, 2.24) is 15.0 Å². The van der Waals surface area contributed by atoms with E-state index in [0.717, 1.165) is 13.0 Å². The summed E-state index contributed by atoms with van der Waals surface area (Å²) in [6, 6.07) is 0. The summed E-state index contributed by atoms with van der Waals surface area (Å²) in [4.78, 5) is 14.5. The summed E-state index contributed by atoms with van der Waals surface area (Å²) in [6.45, 7) is 5.45. The second kappa shape index (κ2) is 5.44. The summed E-state index contributed by atoms with van der Waals surface area (Å²) < 4.78 is 0. The molecular formula is C13H18N4S. The zero-order valence-electron chi connectivity index (χ0n) is 11.0. The van der Waals surface area contributed by atoms with Gasteiger partial charge >= 0.3 is 0 Å². The first-order valence-electron chi connectivity index (χ1n) is 5.95. The van der Waals surface area contributed by atoms with Gasteiger partial charge in [0.1, 0.15) is 11.3 Å². The number of hydrogen-bond acceptors (Lipinski definition) is 5. The number of thiazole rings is 1. The Hall–Kier alpha value is -1.49. The standard InChI is InChI=1S/C13H18N4S/c1-13(2,11-6-14-9-15-7-11)4-5-17(3)12-8-16-10-18-12/h6-10H,4-5H2,1-3H3.